The van der Waals surface area contributed by atoms with Crippen molar-refractivity contribution in [2.75, 3.05) is 13.1 Å². The quantitative estimate of drug-likeness (QED) is 0.871. The van der Waals surface area contributed by atoms with Crippen LogP contribution in [-0.4, -0.2) is 41.6 Å². The van der Waals surface area contributed by atoms with E-state index in [9.17, 15) is 9.59 Å². The molecule has 5 nitrogen and oxygen atoms in total. The number of nitrogens with one attached hydrogen (secondary N) is 1. The van der Waals surface area contributed by atoms with Crippen molar-refractivity contribution in [1.82, 2.24) is 10.2 Å². The first-order chi connectivity index (χ1) is 10.2. The summed E-state index contributed by atoms with van der Waals surface area (Å²) in [5, 5.41) is 2.82. The molecule has 0 radical (unpaired) electrons. The number of nitrogens with zero attached hydrogens (tertiary/aromatic N) is 1. The summed E-state index contributed by atoms with van der Waals surface area (Å²) in [6.45, 7) is 6.61. The molecule has 1 aromatic rings. The highest BCUT2D eigenvalue weighted by atomic mass is 79.9. The minimum Gasteiger partial charge on any atom is -0.444 e. The van der Waals surface area contributed by atoms with Crippen LogP contribution in [0, 0.1) is 0 Å². The van der Waals surface area contributed by atoms with Gasteiger partial charge in [0.05, 0.1) is 6.04 Å². The highest BCUT2D eigenvalue weighted by molar-refractivity contribution is 9.10. The predicted molar refractivity (Wildman–Crippen MR) is 87.8 cm³/mol. The molecule has 1 heterocycles. The zero-order chi connectivity index (χ0) is 16.3. The summed E-state index contributed by atoms with van der Waals surface area (Å²) in [5.41, 5.74) is 0.136. The Morgan fingerprint density at radius 2 is 1.91 bits per heavy atom. The van der Waals surface area contributed by atoms with Crippen LogP contribution in [0.5, 0.6) is 0 Å². The van der Waals surface area contributed by atoms with Gasteiger partial charge in [-0.3, -0.25) is 4.79 Å². The largest absolute Gasteiger partial charge is 0.444 e. The fourth-order valence-corrected chi connectivity index (χ4v) is 2.58. The van der Waals surface area contributed by atoms with E-state index in [2.05, 4.69) is 21.2 Å². The van der Waals surface area contributed by atoms with E-state index in [0.29, 0.717) is 18.7 Å². The van der Waals surface area contributed by atoms with Crippen molar-refractivity contribution in [3.63, 3.8) is 0 Å². The molecule has 0 aromatic heterocycles. The lowest BCUT2D eigenvalue weighted by atomic mass is 10.2. The second kappa shape index (κ2) is 6.69. The van der Waals surface area contributed by atoms with Gasteiger partial charge in [-0.15, -0.1) is 0 Å². The van der Waals surface area contributed by atoms with E-state index in [0.717, 1.165) is 10.9 Å². The monoisotopic (exact) mass is 368 g/mol. The van der Waals surface area contributed by atoms with Crippen LogP contribution in [0.3, 0.4) is 0 Å². The molecule has 0 aliphatic carbocycles. The Hall–Kier alpha value is -1.56. The first kappa shape index (κ1) is 16.8. The molecule has 1 saturated heterocycles. The van der Waals surface area contributed by atoms with E-state index in [1.54, 1.807) is 17.0 Å². The number of halogens is 1. The molecular formula is C16H21BrN2O3. The van der Waals surface area contributed by atoms with Crippen LogP contribution >= 0.6 is 15.9 Å². The fourth-order valence-electron chi connectivity index (χ4n) is 2.31. The first-order valence-electron chi connectivity index (χ1n) is 7.29. The van der Waals surface area contributed by atoms with Gasteiger partial charge in [0, 0.05) is 23.1 Å². The second-order valence-corrected chi connectivity index (χ2v) is 7.31. The number of hydrogen-bond donors (Lipinski definition) is 1. The molecule has 120 valence electrons. The van der Waals surface area contributed by atoms with E-state index < -0.39 is 11.7 Å². The minimum absolute atomic E-state index is 0.0130. The van der Waals surface area contributed by atoms with E-state index in [-0.39, 0.29) is 11.9 Å². The van der Waals surface area contributed by atoms with E-state index in [4.69, 9.17) is 4.74 Å². The molecule has 0 bridgehead atoms. The summed E-state index contributed by atoms with van der Waals surface area (Å²) < 4.78 is 6.17. The third-order valence-corrected chi connectivity index (χ3v) is 3.82. The van der Waals surface area contributed by atoms with Crippen molar-refractivity contribution in [3.8, 4) is 0 Å². The Morgan fingerprint density at radius 3 is 2.50 bits per heavy atom. The van der Waals surface area contributed by atoms with Gasteiger partial charge >= 0.3 is 6.09 Å². The molecule has 6 heteroatoms. The zero-order valence-corrected chi connectivity index (χ0v) is 14.6. The summed E-state index contributed by atoms with van der Waals surface area (Å²) in [6.07, 6.45) is 0.303. The number of ether oxygens (including phenoxy) is 1. The minimum atomic E-state index is -0.518. The van der Waals surface area contributed by atoms with Crippen molar-refractivity contribution in [2.24, 2.45) is 0 Å². The normalized spacial score (nSPS) is 18.2. The smallest absolute Gasteiger partial charge is 0.407 e. The van der Waals surface area contributed by atoms with Crippen LogP contribution in [-0.2, 0) is 4.74 Å². The predicted octanol–water partition coefficient (Wildman–Crippen LogP) is 3.19. The van der Waals surface area contributed by atoms with Crippen molar-refractivity contribution < 1.29 is 14.3 Å². The summed E-state index contributed by atoms with van der Waals surface area (Å²) in [4.78, 5) is 25.9. The van der Waals surface area contributed by atoms with E-state index in [1.165, 1.54) is 0 Å². The molecule has 2 rings (SSSR count). The van der Waals surface area contributed by atoms with Crippen LogP contribution < -0.4 is 5.32 Å². The average molecular weight is 369 g/mol. The van der Waals surface area contributed by atoms with Gasteiger partial charge in [-0.05, 0) is 51.5 Å². The van der Waals surface area contributed by atoms with Crippen molar-refractivity contribution >= 4 is 27.9 Å². The second-order valence-electron chi connectivity index (χ2n) is 6.39. The lowest BCUT2D eigenvalue weighted by Gasteiger charge is -2.22. The highest BCUT2D eigenvalue weighted by Crippen LogP contribution is 2.17. The average Bonchev–Trinajstić information content (AvgIpc) is 2.85. The van der Waals surface area contributed by atoms with Gasteiger partial charge in [0.25, 0.3) is 5.91 Å². The van der Waals surface area contributed by atoms with Crippen LogP contribution in [0.2, 0.25) is 0 Å². The number of benzene rings is 1. The van der Waals surface area contributed by atoms with Crippen LogP contribution in [0.15, 0.2) is 28.7 Å². The lowest BCUT2D eigenvalue weighted by Crippen LogP contribution is -2.41. The number of carbonyl (C=O) groups excluding carboxylic acids is 2. The van der Waals surface area contributed by atoms with Gasteiger partial charge in [-0.1, -0.05) is 15.9 Å². The summed E-state index contributed by atoms with van der Waals surface area (Å²) in [6, 6.07) is 7.22. The third-order valence-electron chi connectivity index (χ3n) is 3.29. The molecule has 1 atom stereocenters. The molecule has 1 aromatic carbocycles. The Kier molecular flexibility index (Phi) is 5.11. The standard InChI is InChI=1S/C16H21BrN2O3/c1-16(2,3)22-15(21)18-13-8-9-19(10-13)14(20)11-4-6-12(17)7-5-11/h4-7,13H,8-10H2,1-3H3,(H,18,21)/t13-/m1/s1. The number of rotatable bonds is 2. The third kappa shape index (κ3) is 4.73. The highest BCUT2D eigenvalue weighted by Gasteiger charge is 2.29. The maximum absolute atomic E-state index is 12.4. The molecule has 1 aliphatic heterocycles. The number of carbonyl (C=O) groups is 2. The summed E-state index contributed by atoms with van der Waals surface area (Å²) in [5.74, 6) is -0.0130. The van der Waals surface area contributed by atoms with Crippen LogP contribution in [0.1, 0.15) is 37.6 Å². The van der Waals surface area contributed by atoms with Gasteiger partial charge < -0.3 is 15.0 Å². The maximum atomic E-state index is 12.4. The molecule has 0 unspecified atom stereocenters. The molecule has 2 amide bonds. The Balaban J connectivity index is 1.88. The van der Waals surface area contributed by atoms with Gasteiger partial charge in [0.1, 0.15) is 5.60 Å². The Bertz CT molecular complexity index is 552. The summed E-state index contributed by atoms with van der Waals surface area (Å²) >= 11 is 3.35. The van der Waals surface area contributed by atoms with E-state index >= 15 is 0 Å². The molecule has 0 saturated carbocycles. The lowest BCUT2D eigenvalue weighted by molar-refractivity contribution is 0.0502. The van der Waals surface area contributed by atoms with Crippen LogP contribution in [0.25, 0.3) is 0 Å². The Morgan fingerprint density at radius 1 is 1.27 bits per heavy atom. The topological polar surface area (TPSA) is 58.6 Å². The molecule has 0 spiro atoms. The van der Waals surface area contributed by atoms with Crippen LogP contribution in [0.4, 0.5) is 4.79 Å². The Labute approximate surface area is 139 Å². The number of alkyl carbamates (subject to hydrolysis) is 1. The van der Waals surface area contributed by atoms with Crippen molar-refractivity contribution in [3.05, 3.63) is 34.3 Å². The van der Waals surface area contributed by atoms with Gasteiger partial charge in [-0.2, -0.15) is 0 Å². The van der Waals surface area contributed by atoms with Crippen molar-refractivity contribution in [2.45, 2.75) is 38.8 Å². The number of amides is 2. The number of hydrogen-bond acceptors (Lipinski definition) is 3. The summed E-state index contributed by atoms with van der Waals surface area (Å²) in [7, 11) is 0. The molecule has 1 fully saturated rings. The maximum Gasteiger partial charge on any atom is 0.407 e. The van der Waals surface area contributed by atoms with Gasteiger partial charge in [0.2, 0.25) is 0 Å². The first-order valence-corrected chi connectivity index (χ1v) is 8.08. The fraction of sp³-hybridized carbons (Fsp3) is 0.500. The number of likely N-dealkylation sites (tertiary alicyclic amines) is 1. The zero-order valence-electron chi connectivity index (χ0n) is 13.1. The van der Waals surface area contributed by atoms with Gasteiger partial charge in [0.15, 0.2) is 0 Å². The van der Waals surface area contributed by atoms with Crippen molar-refractivity contribution in [1.29, 1.82) is 0 Å². The molecule has 1 aliphatic rings. The van der Waals surface area contributed by atoms with E-state index in [1.807, 2.05) is 32.9 Å². The SMILES string of the molecule is CC(C)(C)OC(=O)N[C@@H]1CCN(C(=O)c2ccc(Br)cc2)C1. The molecular weight excluding hydrogens is 348 g/mol. The van der Waals surface area contributed by atoms with Gasteiger partial charge in [-0.25, -0.2) is 4.79 Å². The molecule has 22 heavy (non-hydrogen) atoms. The molecule has 1 N–H and O–H groups in total.